The number of amides is 1. The Bertz CT molecular complexity index is 848. The molecule has 1 amide bonds. The van der Waals surface area contributed by atoms with Gasteiger partial charge >= 0.3 is 0 Å². The Morgan fingerprint density at radius 3 is 2.67 bits per heavy atom. The van der Waals surface area contributed by atoms with Crippen molar-refractivity contribution in [3.8, 4) is 5.75 Å². The summed E-state index contributed by atoms with van der Waals surface area (Å²) in [6.45, 7) is 4.86. The molecule has 0 aliphatic carbocycles. The Balaban J connectivity index is 1.95. The van der Waals surface area contributed by atoms with Gasteiger partial charge in [0.25, 0.3) is 5.91 Å². The Morgan fingerprint density at radius 1 is 1.30 bits per heavy atom. The number of hydrogen-bond acceptors (Lipinski definition) is 3. The van der Waals surface area contributed by atoms with Gasteiger partial charge in [0.2, 0.25) is 0 Å². The summed E-state index contributed by atoms with van der Waals surface area (Å²) in [7, 11) is 0. The fraction of sp³-hybridized carbons (Fsp3) is 0.263. The zero-order valence-electron chi connectivity index (χ0n) is 14.8. The lowest BCUT2D eigenvalue weighted by molar-refractivity contribution is 0.0977. The van der Waals surface area contributed by atoms with E-state index in [2.05, 4.69) is 40.4 Å². The minimum Gasteiger partial charge on any atom is -0.492 e. The van der Waals surface area contributed by atoms with E-state index in [0.717, 1.165) is 6.42 Å². The van der Waals surface area contributed by atoms with E-state index in [1.165, 1.54) is 18.2 Å². The standard InChI is InChI=1S/C19H19BrClFN2O2S/c1-11(2)7-8-26-17-6-3-12(9-14(17)20)18(25)24-19(27)23-13-4-5-16(22)15(21)10-13/h3-6,9-11H,7-8H2,1-2H3,(H2,23,24,25,27). The van der Waals surface area contributed by atoms with Gasteiger partial charge < -0.3 is 10.1 Å². The number of carbonyl (C=O) groups excluding carboxylic acids is 1. The van der Waals surface area contributed by atoms with E-state index in [4.69, 9.17) is 28.6 Å². The maximum Gasteiger partial charge on any atom is 0.257 e. The lowest BCUT2D eigenvalue weighted by atomic mass is 10.1. The van der Waals surface area contributed by atoms with E-state index in [1.54, 1.807) is 18.2 Å². The van der Waals surface area contributed by atoms with Crippen LogP contribution in [0, 0.1) is 11.7 Å². The topological polar surface area (TPSA) is 50.4 Å². The highest BCUT2D eigenvalue weighted by molar-refractivity contribution is 9.10. The van der Waals surface area contributed by atoms with E-state index in [-0.39, 0.29) is 16.0 Å². The summed E-state index contributed by atoms with van der Waals surface area (Å²) in [6, 6.07) is 9.12. The van der Waals surface area contributed by atoms with Crippen molar-refractivity contribution in [2.45, 2.75) is 20.3 Å². The minimum atomic E-state index is -0.530. The first kappa shape index (κ1) is 21.6. The van der Waals surface area contributed by atoms with Crippen molar-refractivity contribution < 1.29 is 13.9 Å². The van der Waals surface area contributed by atoms with Crippen LogP contribution < -0.4 is 15.4 Å². The quantitative estimate of drug-likeness (QED) is 0.521. The molecule has 0 heterocycles. The molecule has 0 atom stereocenters. The molecule has 0 spiro atoms. The van der Waals surface area contributed by atoms with Gasteiger partial charge in [-0.25, -0.2) is 4.39 Å². The second kappa shape index (κ2) is 10.0. The normalized spacial score (nSPS) is 10.6. The highest BCUT2D eigenvalue weighted by Gasteiger charge is 2.12. The zero-order valence-corrected chi connectivity index (χ0v) is 18.0. The average Bonchev–Trinajstić information content (AvgIpc) is 2.59. The van der Waals surface area contributed by atoms with Crippen molar-refractivity contribution in [2.75, 3.05) is 11.9 Å². The molecule has 0 aromatic heterocycles. The van der Waals surface area contributed by atoms with Crippen LogP contribution in [-0.4, -0.2) is 17.6 Å². The number of ether oxygens (including phenoxy) is 1. The van der Waals surface area contributed by atoms with Gasteiger partial charge in [-0.2, -0.15) is 0 Å². The van der Waals surface area contributed by atoms with E-state index >= 15 is 0 Å². The number of nitrogens with one attached hydrogen (secondary N) is 2. The third-order valence-electron chi connectivity index (χ3n) is 3.55. The zero-order chi connectivity index (χ0) is 20.0. The van der Waals surface area contributed by atoms with E-state index < -0.39 is 5.82 Å². The largest absolute Gasteiger partial charge is 0.492 e. The predicted molar refractivity (Wildman–Crippen MR) is 114 cm³/mol. The summed E-state index contributed by atoms with van der Waals surface area (Å²) in [5, 5.41) is 5.40. The Hall–Kier alpha value is -1.70. The summed E-state index contributed by atoms with van der Waals surface area (Å²) >= 11 is 14.2. The van der Waals surface area contributed by atoms with Crippen LogP contribution in [0.25, 0.3) is 0 Å². The molecular weight excluding hydrogens is 455 g/mol. The Labute approximate surface area is 176 Å². The summed E-state index contributed by atoms with van der Waals surface area (Å²) < 4.78 is 19.6. The Kier molecular flexibility index (Phi) is 8.01. The van der Waals surface area contributed by atoms with E-state index in [0.29, 0.717) is 34.0 Å². The molecule has 2 rings (SSSR count). The summed E-state index contributed by atoms with van der Waals surface area (Å²) in [5.41, 5.74) is 0.890. The van der Waals surface area contributed by atoms with Crippen molar-refractivity contribution in [1.29, 1.82) is 0 Å². The van der Waals surface area contributed by atoms with E-state index in [1.807, 2.05) is 0 Å². The van der Waals surface area contributed by atoms with Crippen LogP contribution in [-0.2, 0) is 0 Å². The first-order valence-electron chi connectivity index (χ1n) is 8.26. The van der Waals surface area contributed by atoms with Crippen LogP contribution in [0.5, 0.6) is 5.75 Å². The van der Waals surface area contributed by atoms with Crippen molar-refractivity contribution in [1.82, 2.24) is 5.32 Å². The minimum absolute atomic E-state index is 0.0360. The molecule has 2 N–H and O–H groups in total. The molecule has 4 nitrogen and oxygen atoms in total. The molecule has 0 aliphatic heterocycles. The van der Waals surface area contributed by atoms with Gasteiger partial charge in [-0.05, 0) is 76.9 Å². The second-order valence-corrected chi connectivity index (χ2v) is 7.88. The molecule has 0 unspecified atom stereocenters. The molecule has 8 heteroatoms. The second-order valence-electron chi connectivity index (χ2n) is 6.21. The third kappa shape index (κ3) is 6.75. The summed E-state index contributed by atoms with van der Waals surface area (Å²) in [6.07, 6.45) is 0.946. The van der Waals surface area contributed by atoms with Crippen molar-refractivity contribution in [3.05, 3.63) is 57.3 Å². The molecule has 2 aromatic carbocycles. The number of hydrogen-bond donors (Lipinski definition) is 2. The van der Waals surface area contributed by atoms with Gasteiger partial charge in [0.1, 0.15) is 11.6 Å². The van der Waals surface area contributed by atoms with E-state index in [9.17, 15) is 9.18 Å². The molecule has 27 heavy (non-hydrogen) atoms. The fourth-order valence-electron chi connectivity index (χ4n) is 2.08. The molecule has 2 aromatic rings. The van der Waals surface area contributed by atoms with Gasteiger partial charge in [0, 0.05) is 11.3 Å². The van der Waals surface area contributed by atoms with Crippen molar-refractivity contribution in [3.63, 3.8) is 0 Å². The van der Waals surface area contributed by atoms with Crippen molar-refractivity contribution >= 4 is 56.5 Å². The van der Waals surface area contributed by atoms with Crippen LogP contribution in [0.4, 0.5) is 10.1 Å². The fourth-order valence-corrected chi connectivity index (χ4v) is 2.96. The lowest BCUT2D eigenvalue weighted by Crippen LogP contribution is -2.34. The smallest absolute Gasteiger partial charge is 0.257 e. The molecule has 0 saturated heterocycles. The van der Waals surface area contributed by atoms with Crippen LogP contribution in [0.2, 0.25) is 5.02 Å². The highest BCUT2D eigenvalue weighted by atomic mass is 79.9. The van der Waals surface area contributed by atoms with Gasteiger partial charge in [-0.1, -0.05) is 25.4 Å². The first-order chi connectivity index (χ1) is 12.8. The highest BCUT2D eigenvalue weighted by Crippen LogP contribution is 2.26. The Morgan fingerprint density at radius 2 is 2.04 bits per heavy atom. The van der Waals surface area contributed by atoms with Crippen LogP contribution in [0.3, 0.4) is 0 Å². The maximum atomic E-state index is 13.2. The first-order valence-corrected chi connectivity index (χ1v) is 9.84. The molecule has 0 radical (unpaired) electrons. The van der Waals surface area contributed by atoms with Crippen LogP contribution >= 0.6 is 39.7 Å². The SMILES string of the molecule is CC(C)CCOc1ccc(C(=O)NC(=S)Nc2ccc(F)c(Cl)c2)cc1Br. The van der Waals surface area contributed by atoms with Crippen molar-refractivity contribution in [2.24, 2.45) is 5.92 Å². The number of carbonyl (C=O) groups is 1. The number of benzene rings is 2. The number of halogens is 3. The van der Waals surface area contributed by atoms with Crippen LogP contribution in [0.15, 0.2) is 40.9 Å². The lowest BCUT2D eigenvalue weighted by Gasteiger charge is -2.12. The van der Waals surface area contributed by atoms with Gasteiger partial charge in [-0.15, -0.1) is 0 Å². The average molecular weight is 474 g/mol. The molecule has 0 bridgehead atoms. The summed E-state index contributed by atoms with van der Waals surface area (Å²) in [5.74, 6) is 0.319. The third-order valence-corrected chi connectivity index (χ3v) is 4.66. The number of thiocarbonyl (C=S) groups is 1. The molecule has 0 aliphatic rings. The monoisotopic (exact) mass is 472 g/mol. The molecule has 144 valence electrons. The summed E-state index contributed by atoms with van der Waals surface area (Å²) in [4.78, 5) is 12.3. The molecule has 0 fully saturated rings. The van der Waals surface area contributed by atoms with Gasteiger partial charge in [0.15, 0.2) is 5.11 Å². The molecular formula is C19H19BrClFN2O2S. The van der Waals surface area contributed by atoms with Crippen LogP contribution in [0.1, 0.15) is 30.6 Å². The molecule has 0 saturated carbocycles. The van der Waals surface area contributed by atoms with Gasteiger partial charge in [0.05, 0.1) is 16.1 Å². The number of rotatable bonds is 6. The predicted octanol–water partition coefficient (Wildman–Crippen LogP) is 5.79. The number of anilines is 1. The maximum absolute atomic E-state index is 13.2. The van der Waals surface area contributed by atoms with Gasteiger partial charge in [-0.3, -0.25) is 10.1 Å².